The molecule has 0 unspecified atom stereocenters. The number of nitrogens with zero attached hydrogens (tertiary/aromatic N) is 4. The van der Waals surface area contributed by atoms with Crippen LogP contribution in [0.2, 0.25) is 0 Å². The minimum absolute atomic E-state index is 0.619. The number of thiophene rings is 1. The highest BCUT2D eigenvalue weighted by molar-refractivity contribution is 7.99. The van der Waals surface area contributed by atoms with Gasteiger partial charge in [-0.15, -0.1) is 11.3 Å². The zero-order valence-corrected chi connectivity index (χ0v) is 13.9. The molecule has 0 aliphatic rings. The number of fused-ring (bicyclic) bond motifs is 1. The van der Waals surface area contributed by atoms with E-state index in [1.807, 2.05) is 39.3 Å². The molecule has 0 radical (unpaired) electrons. The average molecular weight is 317 g/mol. The van der Waals surface area contributed by atoms with Crippen molar-refractivity contribution in [1.82, 2.24) is 19.9 Å². The molecule has 3 aromatic rings. The number of hydrogen-bond donors (Lipinski definition) is 1. The lowest BCUT2D eigenvalue weighted by atomic mass is 10.2. The third-order valence-electron chi connectivity index (χ3n) is 3.31. The number of rotatable bonds is 3. The molecule has 0 saturated heterocycles. The van der Waals surface area contributed by atoms with Gasteiger partial charge in [0.05, 0.1) is 0 Å². The van der Waals surface area contributed by atoms with Gasteiger partial charge in [-0.25, -0.2) is 19.9 Å². The molecule has 0 spiro atoms. The fraction of sp³-hybridized carbons (Fsp3) is 0.286. The lowest BCUT2D eigenvalue weighted by Gasteiger charge is -2.08. The molecular formula is C14H15N5S2. The van der Waals surface area contributed by atoms with Gasteiger partial charge in [0.2, 0.25) is 5.95 Å². The summed E-state index contributed by atoms with van der Waals surface area (Å²) in [6.07, 6.45) is 0. The Labute approximate surface area is 131 Å². The van der Waals surface area contributed by atoms with Crippen molar-refractivity contribution >= 4 is 39.3 Å². The van der Waals surface area contributed by atoms with Crippen molar-refractivity contribution in [2.45, 2.75) is 31.0 Å². The lowest BCUT2D eigenvalue weighted by Crippen LogP contribution is -2.00. The maximum absolute atomic E-state index is 4.55. The quantitative estimate of drug-likeness (QED) is 0.588. The number of nitrogens with one attached hydrogen (secondary N) is 1. The number of anilines is 1. The third kappa shape index (κ3) is 2.71. The summed E-state index contributed by atoms with van der Waals surface area (Å²) in [6, 6.07) is 2.04. The first-order valence-corrected chi connectivity index (χ1v) is 8.21. The van der Waals surface area contributed by atoms with Gasteiger partial charge in [-0.1, -0.05) is 0 Å². The second-order valence-corrected chi connectivity index (χ2v) is 6.50. The highest BCUT2D eigenvalue weighted by Gasteiger charge is 2.13. The molecule has 0 atom stereocenters. The normalized spacial score (nSPS) is 11.0. The highest BCUT2D eigenvalue weighted by atomic mass is 32.2. The third-order valence-corrected chi connectivity index (χ3v) is 4.99. The Morgan fingerprint density at radius 3 is 2.43 bits per heavy atom. The Morgan fingerprint density at radius 2 is 1.76 bits per heavy atom. The molecule has 0 saturated carbocycles. The van der Waals surface area contributed by atoms with Gasteiger partial charge in [0, 0.05) is 23.8 Å². The maximum atomic E-state index is 4.55. The Balaban J connectivity index is 2.07. The number of hydrogen-bond acceptors (Lipinski definition) is 7. The Kier molecular flexibility index (Phi) is 3.77. The predicted molar refractivity (Wildman–Crippen MR) is 87.3 cm³/mol. The molecule has 3 rings (SSSR count). The van der Waals surface area contributed by atoms with Crippen LogP contribution in [0.15, 0.2) is 21.6 Å². The zero-order valence-electron chi connectivity index (χ0n) is 12.3. The summed E-state index contributed by atoms with van der Waals surface area (Å²) in [6.45, 7) is 6.06. The molecule has 3 heterocycles. The molecule has 0 aliphatic carbocycles. The van der Waals surface area contributed by atoms with Crippen LogP contribution in [-0.4, -0.2) is 27.0 Å². The van der Waals surface area contributed by atoms with Crippen LogP contribution in [0.3, 0.4) is 0 Å². The standard InChI is InChI=1S/C14H15N5S2/c1-7-8(2)16-14(17-9(7)3)21-12-10-5-6-20-11(10)18-13(15-4)19-12/h5-6H,1-4H3,(H,15,18,19). The van der Waals surface area contributed by atoms with Crippen LogP contribution in [-0.2, 0) is 0 Å². The molecule has 0 bridgehead atoms. The molecule has 0 fully saturated rings. The number of aryl methyl sites for hydroxylation is 2. The molecule has 0 aromatic carbocycles. The monoisotopic (exact) mass is 317 g/mol. The van der Waals surface area contributed by atoms with E-state index >= 15 is 0 Å². The van der Waals surface area contributed by atoms with E-state index in [4.69, 9.17) is 0 Å². The van der Waals surface area contributed by atoms with Crippen molar-refractivity contribution in [3.8, 4) is 0 Å². The molecule has 1 N–H and O–H groups in total. The summed E-state index contributed by atoms with van der Waals surface area (Å²) < 4.78 is 0. The Hall–Kier alpha value is -1.73. The minimum Gasteiger partial charge on any atom is -0.357 e. The largest absolute Gasteiger partial charge is 0.357 e. The molecule has 0 aliphatic heterocycles. The van der Waals surface area contributed by atoms with Crippen LogP contribution in [0.5, 0.6) is 0 Å². The minimum atomic E-state index is 0.619. The molecule has 5 nitrogen and oxygen atoms in total. The van der Waals surface area contributed by atoms with Gasteiger partial charge in [0.15, 0.2) is 5.16 Å². The Morgan fingerprint density at radius 1 is 1.05 bits per heavy atom. The van der Waals surface area contributed by atoms with Crippen LogP contribution < -0.4 is 5.32 Å². The first-order valence-electron chi connectivity index (χ1n) is 6.51. The maximum Gasteiger partial charge on any atom is 0.224 e. The van der Waals surface area contributed by atoms with Crippen molar-refractivity contribution in [2.75, 3.05) is 12.4 Å². The summed E-state index contributed by atoms with van der Waals surface area (Å²) in [5, 5.41) is 7.67. The van der Waals surface area contributed by atoms with E-state index < -0.39 is 0 Å². The van der Waals surface area contributed by atoms with E-state index in [0.717, 1.165) is 37.4 Å². The highest BCUT2D eigenvalue weighted by Crippen LogP contribution is 2.33. The fourth-order valence-electron chi connectivity index (χ4n) is 1.89. The van der Waals surface area contributed by atoms with Gasteiger partial charge in [-0.2, -0.15) is 0 Å². The topological polar surface area (TPSA) is 63.6 Å². The van der Waals surface area contributed by atoms with Gasteiger partial charge in [-0.05, 0) is 49.5 Å². The van der Waals surface area contributed by atoms with E-state index in [1.54, 1.807) is 11.3 Å². The summed E-state index contributed by atoms with van der Waals surface area (Å²) >= 11 is 3.09. The first kappa shape index (κ1) is 14.2. The van der Waals surface area contributed by atoms with E-state index in [1.165, 1.54) is 11.8 Å². The summed E-state index contributed by atoms with van der Waals surface area (Å²) in [5.74, 6) is 0.619. The summed E-state index contributed by atoms with van der Waals surface area (Å²) in [5.41, 5.74) is 3.16. The van der Waals surface area contributed by atoms with E-state index in [2.05, 4.69) is 25.3 Å². The zero-order chi connectivity index (χ0) is 15.0. The molecule has 0 amide bonds. The fourth-order valence-corrected chi connectivity index (χ4v) is 3.66. The second kappa shape index (κ2) is 5.57. The van der Waals surface area contributed by atoms with Crippen LogP contribution in [0.1, 0.15) is 17.0 Å². The van der Waals surface area contributed by atoms with Crippen LogP contribution in [0, 0.1) is 20.8 Å². The SMILES string of the molecule is CNc1nc(Sc2nc(C)c(C)c(C)n2)c2ccsc2n1. The van der Waals surface area contributed by atoms with E-state index in [-0.39, 0.29) is 0 Å². The van der Waals surface area contributed by atoms with Gasteiger partial charge >= 0.3 is 0 Å². The van der Waals surface area contributed by atoms with Crippen molar-refractivity contribution < 1.29 is 0 Å². The van der Waals surface area contributed by atoms with E-state index in [9.17, 15) is 0 Å². The molecular weight excluding hydrogens is 302 g/mol. The van der Waals surface area contributed by atoms with Gasteiger partial charge in [-0.3, -0.25) is 0 Å². The first-order chi connectivity index (χ1) is 10.1. The van der Waals surface area contributed by atoms with Crippen molar-refractivity contribution in [2.24, 2.45) is 0 Å². The van der Waals surface area contributed by atoms with E-state index in [0.29, 0.717) is 5.95 Å². The van der Waals surface area contributed by atoms with Gasteiger partial charge < -0.3 is 5.32 Å². The summed E-state index contributed by atoms with van der Waals surface area (Å²) in [4.78, 5) is 19.1. The van der Waals surface area contributed by atoms with Crippen LogP contribution in [0.4, 0.5) is 5.95 Å². The lowest BCUT2D eigenvalue weighted by molar-refractivity contribution is 0.879. The summed E-state index contributed by atoms with van der Waals surface area (Å²) in [7, 11) is 1.82. The Bertz CT molecular complexity index is 789. The average Bonchev–Trinajstić information content (AvgIpc) is 2.93. The van der Waals surface area contributed by atoms with Crippen molar-refractivity contribution in [3.05, 3.63) is 28.4 Å². The second-order valence-electron chi connectivity index (χ2n) is 4.65. The van der Waals surface area contributed by atoms with Gasteiger partial charge in [0.25, 0.3) is 0 Å². The molecule has 21 heavy (non-hydrogen) atoms. The smallest absolute Gasteiger partial charge is 0.224 e. The van der Waals surface area contributed by atoms with Crippen LogP contribution in [0.25, 0.3) is 10.2 Å². The molecule has 108 valence electrons. The molecule has 3 aromatic heterocycles. The number of aromatic nitrogens is 4. The molecule has 7 heteroatoms. The van der Waals surface area contributed by atoms with Crippen LogP contribution >= 0.6 is 23.1 Å². The van der Waals surface area contributed by atoms with Crippen molar-refractivity contribution in [1.29, 1.82) is 0 Å². The van der Waals surface area contributed by atoms with Crippen molar-refractivity contribution in [3.63, 3.8) is 0 Å². The van der Waals surface area contributed by atoms with Gasteiger partial charge in [0.1, 0.15) is 9.86 Å². The predicted octanol–water partition coefficient (Wildman–Crippen LogP) is 3.60.